The molecule has 0 saturated heterocycles. The first-order valence-corrected chi connectivity index (χ1v) is 8.38. The highest BCUT2D eigenvalue weighted by molar-refractivity contribution is 7.99. The van der Waals surface area contributed by atoms with E-state index in [0.717, 1.165) is 41.4 Å². The maximum Gasteiger partial charge on any atom is 0.126 e. The Balaban J connectivity index is 3.20. The molecule has 1 unspecified atom stereocenters. The minimum absolute atomic E-state index is 0.166. The summed E-state index contributed by atoms with van der Waals surface area (Å²) in [6.07, 6.45) is 1.16. The zero-order valence-corrected chi connectivity index (χ0v) is 13.9. The van der Waals surface area contributed by atoms with Gasteiger partial charge in [-0.05, 0) is 30.7 Å². The molecule has 0 aliphatic rings. The highest BCUT2D eigenvalue weighted by Crippen LogP contribution is 2.31. The van der Waals surface area contributed by atoms with Crippen LogP contribution in [-0.4, -0.2) is 24.7 Å². The maximum absolute atomic E-state index is 7.93. The largest absolute Gasteiger partial charge is 0.384 e. The number of anilines is 1. The Hall–Kier alpha value is -1.16. The van der Waals surface area contributed by atoms with Crippen molar-refractivity contribution in [3.8, 4) is 0 Å². The van der Waals surface area contributed by atoms with Gasteiger partial charge in [-0.3, -0.25) is 5.41 Å². The van der Waals surface area contributed by atoms with Crippen molar-refractivity contribution in [2.45, 2.75) is 39.0 Å². The molecular weight excluding hydrogens is 266 g/mol. The molecule has 0 bridgehead atoms. The van der Waals surface area contributed by atoms with Crippen LogP contribution in [0.4, 0.5) is 5.69 Å². The number of thioether (sulfide) groups is 1. The zero-order valence-electron chi connectivity index (χ0n) is 13.1. The fourth-order valence-corrected chi connectivity index (χ4v) is 3.08. The second kappa shape index (κ2) is 8.20. The first-order valence-electron chi connectivity index (χ1n) is 7.40. The second-order valence-electron chi connectivity index (χ2n) is 5.05. The molecule has 112 valence electrons. The first-order chi connectivity index (χ1) is 9.54. The van der Waals surface area contributed by atoms with Crippen LogP contribution in [0.1, 0.15) is 39.7 Å². The highest BCUT2D eigenvalue weighted by atomic mass is 32.2. The number of nitrogens with zero attached hydrogens (tertiary/aromatic N) is 1. The molecule has 0 aromatic heterocycles. The summed E-state index contributed by atoms with van der Waals surface area (Å²) in [6.45, 7) is 10.7. The average Bonchev–Trinajstić information content (AvgIpc) is 2.44. The van der Waals surface area contributed by atoms with Crippen LogP contribution < -0.4 is 10.6 Å². The molecule has 0 amide bonds. The molecule has 0 heterocycles. The van der Waals surface area contributed by atoms with Crippen molar-refractivity contribution >= 4 is 23.3 Å². The van der Waals surface area contributed by atoms with E-state index in [9.17, 15) is 0 Å². The highest BCUT2D eigenvalue weighted by Gasteiger charge is 2.17. The van der Waals surface area contributed by atoms with Gasteiger partial charge in [0.05, 0.1) is 5.56 Å². The number of hydrogen-bond acceptors (Lipinski definition) is 3. The van der Waals surface area contributed by atoms with Gasteiger partial charge in [0.1, 0.15) is 5.84 Å². The van der Waals surface area contributed by atoms with E-state index in [1.54, 1.807) is 11.8 Å². The third-order valence-electron chi connectivity index (χ3n) is 3.52. The smallest absolute Gasteiger partial charge is 0.126 e. The van der Waals surface area contributed by atoms with Crippen LogP contribution in [0.25, 0.3) is 0 Å². The van der Waals surface area contributed by atoms with Crippen LogP contribution in [0.3, 0.4) is 0 Å². The quantitative estimate of drug-likeness (QED) is 0.433. The summed E-state index contributed by atoms with van der Waals surface area (Å²) in [7, 11) is 0. The van der Waals surface area contributed by atoms with Crippen molar-refractivity contribution < 1.29 is 0 Å². The van der Waals surface area contributed by atoms with E-state index < -0.39 is 0 Å². The molecule has 0 fully saturated rings. The molecule has 3 N–H and O–H groups in total. The maximum atomic E-state index is 7.93. The Morgan fingerprint density at radius 3 is 2.55 bits per heavy atom. The average molecular weight is 293 g/mol. The van der Waals surface area contributed by atoms with Crippen molar-refractivity contribution in [1.29, 1.82) is 5.41 Å². The molecule has 1 atom stereocenters. The molecule has 0 radical (unpaired) electrons. The van der Waals surface area contributed by atoms with Gasteiger partial charge >= 0.3 is 0 Å². The van der Waals surface area contributed by atoms with Crippen LogP contribution in [0.5, 0.6) is 0 Å². The van der Waals surface area contributed by atoms with Gasteiger partial charge in [0.25, 0.3) is 0 Å². The number of nitrogen functional groups attached to an aromatic ring is 1. The first kappa shape index (κ1) is 16.9. The number of nitrogens with one attached hydrogen (secondary N) is 1. The molecule has 0 aliphatic carbocycles. The molecule has 4 heteroatoms. The molecule has 0 saturated carbocycles. The SMILES string of the molecule is CCSc1cccc(N(CC)CC(C)CC)c1C(=N)N. The zero-order chi connectivity index (χ0) is 15.1. The van der Waals surface area contributed by atoms with E-state index in [1.807, 2.05) is 0 Å². The third-order valence-corrected chi connectivity index (χ3v) is 4.46. The van der Waals surface area contributed by atoms with E-state index in [1.165, 1.54) is 0 Å². The number of benzene rings is 1. The summed E-state index contributed by atoms with van der Waals surface area (Å²) < 4.78 is 0. The van der Waals surface area contributed by atoms with E-state index in [-0.39, 0.29) is 5.84 Å². The van der Waals surface area contributed by atoms with Crippen LogP contribution in [0.15, 0.2) is 23.1 Å². The van der Waals surface area contributed by atoms with Crippen LogP contribution >= 0.6 is 11.8 Å². The lowest BCUT2D eigenvalue weighted by atomic mass is 10.1. The minimum Gasteiger partial charge on any atom is -0.384 e. The summed E-state index contributed by atoms with van der Waals surface area (Å²) in [6, 6.07) is 6.22. The molecular formula is C16H27N3S. The Labute approximate surface area is 127 Å². The van der Waals surface area contributed by atoms with E-state index >= 15 is 0 Å². The summed E-state index contributed by atoms with van der Waals surface area (Å²) in [4.78, 5) is 3.45. The fraction of sp³-hybridized carbons (Fsp3) is 0.562. The van der Waals surface area contributed by atoms with Gasteiger partial charge in [0, 0.05) is 23.7 Å². The normalized spacial score (nSPS) is 12.2. The van der Waals surface area contributed by atoms with Crippen molar-refractivity contribution in [2.75, 3.05) is 23.7 Å². The fourth-order valence-electron chi connectivity index (χ4n) is 2.23. The third kappa shape index (κ3) is 4.17. The lowest BCUT2D eigenvalue weighted by Crippen LogP contribution is -2.30. The minimum atomic E-state index is 0.166. The number of amidine groups is 1. The van der Waals surface area contributed by atoms with Crippen LogP contribution in [-0.2, 0) is 0 Å². The van der Waals surface area contributed by atoms with Crippen molar-refractivity contribution in [3.63, 3.8) is 0 Å². The Bertz CT molecular complexity index is 445. The number of rotatable bonds is 8. The van der Waals surface area contributed by atoms with Gasteiger partial charge in [-0.15, -0.1) is 11.8 Å². The summed E-state index contributed by atoms with van der Waals surface area (Å²) in [5.74, 6) is 1.79. The standard InChI is InChI=1S/C16H27N3S/c1-5-12(4)11-19(6-2)13-9-8-10-14(20-7-3)15(13)16(17)18/h8-10,12H,5-7,11H2,1-4H3,(H3,17,18). The molecule has 1 aromatic rings. The van der Waals surface area contributed by atoms with Gasteiger partial charge in [-0.25, -0.2) is 0 Å². The predicted molar refractivity (Wildman–Crippen MR) is 91.2 cm³/mol. The molecule has 0 aliphatic heterocycles. The number of nitrogens with two attached hydrogens (primary N) is 1. The lowest BCUT2D eigenvalue weighted by molar-refractivity contribution is 0.548. The van der Waals surface area contributed by atoms with Crippen molar-refractivity contribution in [2.24, 2.45) is 11.7 Å². The molecule has 1 rings (SSSR count). The van der Waals surface area contributed by atoms with Crippen LogP contribution in [0.2, 0.25) is 0 Å². The Morgan fingerprint density at radius 1 is 1.35 bits per heavy atom. The van der Waals surface area contributed by atoms with E-state index in [0.29, 0.717) is 5.92 Å². The summed E-state index contributed by atoms with van der Waals surface area (Å²) >= 11 is 1.75. The lowest BCUT2D eigenvalue weighted by Gasteiger charge is -2.29. The summed E-state index contributed by atoms with van der Waals surface area (Å²) in [5, 5.41) is 7.93. The summed E-state index contributed by atoms with van der Waals surface area (Å²) in [5.41, 5.74) is 7.83. The Morgan fingerprint density at radius 2 is 2.05 bits per heavy atom. The van der Waals surface area contributed by atoms with Gasteiger partial charge in [0.2, 0.25) is 0 Å². The van der Waals surface area contributed by atoms with Crippen molar-refractivity contribution in [1.82, 2.24) is 0 Å². The van der Waals surface area contributed by atoms with E-state index in [4.69, 9.17) is 11.1 Å². The molecule has 3 nitrogen and oxygen atoms in total. The van der Waals surface area contributed by atoms with Crippen LogP contribution in [0, 0.1) is 11.3 Å². The van der Waals surface area contributed by atoms with E-state index in [2.05, 4.69) is 50.8 Å². The molecule has 0 spiro atoms. The van der Waals surface area contributed by atoms with Gasteiger partial charge in [0.15, 0.2) is 0 Å². The topological polar surface area (TPSA) is 53.1 Å². The van der Waals surface area contributed by atoms with Crippen molar-refractivity contribution in [3.05, 3.63) is 23.8 Å². The van der Waals surface area contributed by atoms with Gasteiger partial charge in [-0.1, -0.05) is 33.3 Å². The monoisotopic (exact) mass is 293 g/mol. The predicted octanol–water partition coefficient (Wildman–Crippen LogP) is 3.96. The van der Waals surface area contributed by atoms with Gasteiger partial charge < -0.3 is 10.6 Å². The Kier molecular flexibility index (Phi) is 6.93. The molecule has 1 aromatic carbocycles. The van der Waals surface area contributed by atoms with Gasteiger partial charge in [-0.2, -0.15) is 0 Å². The number of hydrogen-bond donors (Lipinski definition) is 2. The molecule has 20 heavy (non-hydrogen) atoms. The second-order valence-corrected chi connectivity index (χ2v) is 6.35.